The van der Waals surface area contributed by atoms with E-state index in [9.17, 15) is 0 Å². The number of halogens is 2. The van der Waals surface area contributed by atoms with Crippen LogP contribution in [-0.2, 0) is 0 Å². The topological polar surface area (TPSA) is 67.5 Å². The van der Waals surface area contributed by atoms with E-state index in [0.717, 1.165) is 11.3 Å². The van der Waals surface area contributed by atoms with Crippen LogP contribution < -0.4 is 5.43 Å². The number of aromatic nitrogens is 4. The van der Waals surface area contributed by atoms with Crippen molar-refractivity contribution in [3.8, 4) is 0 Å². The maximum absolute atomic E-state index is 5.97. The van der Waals surface area contributed by atoms with Gasteiger partial charge in [0, 0.05) is 15.6 Å². The van der Waals surface area contributed by atoms with Gasteiger partial charge in [0.25, 0.3) is 0 Å². The molecule has 0 spiro atoms. The molecule has 2 heterocycles. The van der Waals surface area contributed by atoms with Gasteiger partial charge in [-0.15, -0.1) is 15.3 Å². The van der Waals surface area contributed by atoms with Crippen LogP contribution in [0.4, 0.5) is 5.82 Å². The van der Waals surface area contributed by atoms with Gasteiger partial charge in [0.2, 0.25) is 0 Å². The van der Waals surface area contributed by atoms with Crippen LogP contribution in [0.15, 0.2) is 41.8 Å². The highest BCUT2D eigenvalue weighted by Gasteiger charge is 2.03. The van der Waals surface area contributed by atoms with Crippen LogP contribution in [0.25, 0.3) is 5.65 Å². The Kier molecular flexibility index (Phi) is 3.72. The zero-order chi connectivity index (χ0) is 14.8. The highest BCUT2D eigenvalue weighted by Crippen LogP contribution is 2.19. The zero-order valence-electron chi connectivity index (χ0n) is 11.0. The molecule has 0 amide bonds. The second kappa shape index (κ2) is 5.67. The highest BCUT2D eigenvalue weighted by atomic mass is 35.5. The third-order valence-corrected chi connectivity index (χ3v) is 3.22. The molecular weight excluding hydrogens is 311 g/mol. The number of rotatable bonds is 3. The maximum Gasteiger partial charge on any atom is 0.177 e. The number of hydrazone groups is 1. The molecule has 2 aromatic heterocycles. The molecular formula is C13H10Cl2N6. The number of hydrogen-bond acceptors (Lipinski definition) is 5. The van der Waals surface area contributed by atoms with Gasteiger partial charge in [-0.05, 0) is 37.3 Å². The number of anilines is 1. The lowest BCUT2D eigenvalue weighted by atomic mass is 10.1. The molecule has 3 rings (SSSR count). The molecule has 0 aliphatic heterocycles. The molecule has 106 valence electrons. The van der Waals surface area contributed by atoms with Crippen LogP contribution in [0.2, 0.25) is 10.0 Å². The minimum Gasteiger partial charge on any atom is -0.260 e. The van der Waals surface area contributed by atoms with E-state index < -0.39 is 0 Å². The average Bonchev–Trinajstić information content (AvgIpc) is 2.91. The number of fused-ring (bicyclic) bond motifs is 1. The lowest BCUT2D eigenvalue weighted by molar-refractivity contribution is 0.924. The molecule has 0 saturated carbocycles. The summed E-state index contributed by atoms with van der Waals surface area (Å²) in [6, 6.07) is 8.83. The Balaban J connectivity index is 1.83. The van der Waals surface area contributed by atoms with Crippen molar-refractivity contribution in [2.24, 2.45) is 5.10 Å². The summed E-state index contributed by atoms with van der Waals surface area (Å²) in [5.41, 5.74) is 5.13. The molecule has 21 heavy (non-hydrogen) atoms. The van der Waals surface area contributed by atoms with E-state index in [0.29, 0.717) is 21.5 Å². The summed E-state index contributed by atoms with van der Waals surface area (Å²) < 4.78 is 1.56. The van der Waals surface area contributed by atoms with Crippen molar-refractivity contribution >= 4 is 40.4 Å². The second-order valence-corrected chi connectivity index (χ2v) is 5.19. The van der Waals surface area contributed by atoms with Crippen molar-refractivity contribution in [2.75, 3.05) is 5.43 Å². The van der Waals surface area contributed by atoms with E-state index in [4.69, 9.17) is 23.2 Å². The Morgan fingerprint density at radius 2 is 1.95 bits per heavy atom. The smallest absolute Gasteiger partial charge is 0.177 e. The molecule has 0 fully saturated rings. The van der Waals surface area contributed by atoms with Crippen molar-refractivity contribution in [1.82, 2.24) is 19.8 Å². The first-order valence-corrected chi connectivity index (χ1v) is 6.81. The Hall–Kier alpha value is -2.18. The van der Waals surface area contributed by atoms with E-state index in [2.05, 4.69) is 25.8 Å². The molecule has 0 radical (unpaired) electrons. The van der Waals surface area contributed by atoms with E-state index in [1.54, 1.807) is 34.8 Å². The number of nitrogens with one attached hydrogen (secondary N) is 1. The summed E-state index contributed by atoms with van der Waals surface area (Å²) in [6.45, 7) is 1.85. The minimum atomic E-state index is 0.566. The predicted octanol–water partition coefficient (Wildman–Crippen LogP) is 3.27. The largest absolute Gasteiger partial charge is 0.260 e. The first kappa shape index (κ1) is 13.8. The minimum absolute atomic E-state index is 0.566. The fourth-order valence-electron chi connectivity index (χ4n) is 1.76. The van der Waals surface area contributed by atoms with Gasteiger partial charge in [0.05, 0.1) is 5.71 Å². The Labute approximate surface area is 130 Å². The molecule has 1 aromatic carbocycles. The van der Waals surface area contributed by atoms with Crippen molar-refractivity contribution in [1.29, 1.82) is 0 Å². The first-order chi connectivity index (χ1) is 10.1. The van der Waals surface area contributed by atoms with Crippen LogP contribution >= 0.6 is 23.2 Å². The molecule has 3 aromatic rings. The zero-order valence-corrected chi connectivity index (χ0v) is 12.5. The van der Waals surface area contributed by atoms with Crippen molar-refractivity contribution < 1.29 is 0 Å². The van der Waals surface area contributed by atoms with Gasteiger partial charge >= 0.3 is 0 Å². The van der Waals surface area contributed by atoms with Crippen LogP contribution in [0.3, 0.4) is 0 Å². The first-order valence-electron chi connectivity index (χ1n) is 6.06. The summed E-state index contributed by atoms with van der Waals surface area (Å²) in [7, 11) is 0. The number of hydrogen-bond donors (Lipinski definition) is 1. The lowest BCUT2D eigenvalue weighted by Crippen LogP contribution is -2.02. The summed E-state index contributed by atoms with van der Waals surface area (Å²) in [6.07, 6.45) is 1.52. The van der Waals surface area contributed by atoms with Gasteiger partial charge in [-0.1, -0.05) is 23.2 Å². The lowest BCUT2D eigenvalue weighted by Gasteiger charge is -2.04. The van der Waals surface area contributed by atoms with Crippen LogP contribution in [0.1, 0.15) is 12.5 Å². The Morgan fingerprint density at radius 3 is 2.71 bits per heavy atom. The summed E-state index contributed by atoms with van der Waals surface area (Å²) in [4.78, 5) is 0. The number of nitrogens with zero attached hydrogens (tertiary/aromatic N) is 5. The van der Waals surface area contributed by atoms with Crippen molar-refractivity contribution in [3.05, 3.63) is 52.3 Å². The maximum atomic E-state index is 5.97. The fourth-order valence-corrected chi connectivity index (χ4v) is 2.28. The quantitative estimate of drug-likeness (QED) is 0.594. The molecule has 0 aliphatic rings. The average molecular weight is 321 g/mol. The van der Waals surface area contributed by atoms with E-state index in [-0.39, 0.29) is 0 Å². The van der Waals surface area contributed by atoms with Crippen LogP contribution in [-0.4, -0.2) is 25.5 Å². The third kappa shape index (κ3) is 3.12. The van der Waals surface area contributed by atoms with Crippen molar-refractivity contribution in [2.45, 2.75) is 6.92 Å². The normalized spacial score (nSPS) is 11.9. The monoisotopic (exact) mass is 320 g/mol. The van der Waals surface area contributed by atoms with Gasteiger partial charge in [0.15, 0.2) is 11.5 Å². The molecule has 6 nitrogen and oxygen atoms in total. The summed E-state index contributed by atoms with van der Waals surface area (Å²) >= 11 is 11.9. The van der Waals surface area contributed by atoms with Gasteiger partial charge in [-0.2, -0.15) is 9.62 Å². The third-order valence-electron chi connectivity index (χ3n) is 2.78. The predicted molar refractivity (Wildman–Crippen MR) is 83.1 cm³/mol. The fraction of sp³-hybridized carbons (Fsp3) is 0.0769. The second-order valence-electron chi connectivity index (χ2n) is 4.32. The van der Waals surface area contributed by atoms with Gasteiger partial charge in [-0.3, -0.25) is 5.43 Å². The van der Waals surface area contributed by atoms with Gasteiger partial charge in [-0.25, -0.2) is 0 Å². The van der Waals surface area contributed by atoms with Crippen molar-refractivity contribution in [3.63, 3.8) is 0 Å². The Morgan fingerprint density at radius 1 is 1.19 bits per heavy atom. The number of benzene rings is 1. The molecule has 1 N–H and O–H groups in total. The Bertz CT molecular complexity index is 806. The SMILES string of the molecule is CC(=NNc1ccc2nncn2n1)c1cc(Cl)cc(Cl)c1. The molecule has 0 unspecified atom stereocenters. The molecule has 0 aliphatic carbocycles. The molecule has 8 heteroatoms. The summed E-state index contributed by atoms with van der Waals surface area (Å²) in [5.74, 6) is 0.578. The van der Waals surface area contributed by atoms with Gasteiger partial charge < -0.3 is 0 Å². The molecule has 0 saturated heterocycles. The molecule has 0 bridgehead atoms. The van der Waals surface area contributed by atoms with Crippen LogP contribution in [0.5, 0.6) is 0 Å². The standard InChI is InChI=1S/C13H10Cl2N6/c1-8(9-4-10(14)6-11(15)5-9)17-18-12-2-3-13-19-16-7-21(13)20-12/h2-7H,1H3,(H,18,20). The molecule has 0 atom stereocenters. The van der Waals surface area contributed by atoms with E-state index in [1.807, 2.05) is 6.92 Å². The van der Waals surface area contributed by atoms with E-state index in [1.165, 1.54) is 6.33 Å². The highest BCUT2D eigenvalue weighted by molar-refractivity contribution is 6.35. The van der Waals surface area contributed by atoms with Crippen LogP contribution in [0, 0.1) is 0 Å². The van der Waals surface area contributed by atoms with E-state index >= 15 is 0 Å². The summed E-state index contributed by atoms with van der Waals surface area (Å²) in [5, 5.41) is 17.3. The van der Waals surface area contributed by atoms with Gasteiger partial charge in [0.1, 0.15) is 6.33 Å².